The number of hydrogen-bond donors (Lipinski definition) is 1. The number of nitrogens with one attached hydrogen (secondary N) is 1. The van der Waals surface area contributed by atoms with E-state index in [0.717, 1.165) is 11.3 Å². The first-order valence-corrected chi connectivity index (χ1v) is 7.42. The third kappa shape index (κ3) is 4.10. The first-order chi connectivity index (χ1) is 10.1. The van der Waals surface area contributed by atoms with Crippen LogP contribution < -0.4 is 5.32 Å². The van der Waals surface area contributed by atoms with Crippen molar-refractivity contribution in [3.05, 3.63) is 65.2 Å². The molecule has 0 spiro atoms. The van der Waals surface area contributed by atoms with Gasteiger partial charge in [0.15, 0.2) is 0 Å². The summed E-state index contributed by atoms with van der Waals surface area (Å²) in [7, 11) is 0. The zero-order chi connectivity index (χ0) is 15.2. The van der Waals surface area contributed by atoms with E-state index >= 15 is 0 Å². The van der Waals surface area contributed by atoms with Crippen molar-refractivity contribution in [1.29, 1.82) is 5.26 Å². The van der Waals surface area contributed by atoms with Crippen LogP contribution in [0.25, 0.3) is 0 Å². The molecule has 2 aromatic rings. The van der Waals surface area contributed by atoms with E-state index in [-0.39, 0.29) is 6.04 Å². The average Bonchev–Trinajstić information content (AvgIpc) is 2.49. The molecule has 0 fully saturated rings. The van der Waals surface area contributed by atoms with Crippen molar-refractivity contribution in [2.24, 2.45) is 0 Å². The first kappa shape index (κ1) is 15.1. The third-order valence-electron chi connectivity index (χ3n) is 3.72. The summed E-state index contributed by atoms with van der Waals surface area (Å²) in [6.07, 6.45) is 0.465. The van der Waals surface area contributed by atoms with Crippen molar-refractivity contribution in [3.63, 3.8) is 0 Å². The van der Waals surface area contributed by atoms with Gasteiger partial charge in [-0.15, -0.1) is 0 Å². The van der Waals surface area contributed by atoms with Crippen LogP contribution in [-0.4, -0.2) is 0 Å². The number of rotatable bonds is 5. The Hall–Kier alpha value is -2.27. The fraction of sp³-hybridized carbons (Fsp3) is 0.316. The summed E-state index contributed by atoms with van der Waals surface area (Å²) in [6.45, 7) is 6.58. The van der Waals surface area contributed by atoms with Gasteiger partial charge in [0.25, 0.3) is 0 Å². The number of hydrogen-bond acceptors (Lipinski definition) is 2. The van der Waals surface area contributed by atoms with Crippen molar-refractivity contribution >= 4 is 5.69 Å². The molecule has 108 valence electrons. The van der Waals surface area contributed by atoms with Gasteiger partial charge in [0.05, 0.1) is 12.5 Å². The highest BCUT2D eigenvalue weighted by atomic mass is 14.9. The van der Waals surface area contributed by atoms with Gasteiger partial charge >= 0.3 is 0 Å². The Labute approximate surface area is 127 Å². The summed E-state index contributed by atoms with van der Waals surface area (Å²) in [5.74, 6) is 0.565. The first-order valence-electron chi connectivity index (χ1n) is 7.42. The molecule has 0 saturated carbocycles. The SMILES string of the molecule is CC(C)c1ccc(C(C)Nc2ccc(CC#N)cc2)cc1. The second kappa shape index (κ2) is 6.95. The number of benzene rings is 2. The molecule has 0 bridgehead atoms. The molecule has 2 heteroatoms. The fourth-order valence-corrected chi connectivity index (χ4v) is 2.31. The van der Waals surface area contributed by atoms with Gasteiger partial charge in [0.2, 0.25) is 0 Å². The van der Waals surface area contributed by atoms with Crippen molar-refractivity contribution < 1.29 is 0 Å². The van der Waals surface area contributed by atoms with E-state index in [1.165, 1.54) is 11.1 Å². The normalized spacial score (nSPS) is 12.0. The van der Waals surface area contributed by atoms with Crippen LogP contribution in [0.4, 0.5) is 5.69 Å². The average molecular weight is 278 g/mol. The van der Waals surface area contributed by atoms with Gasteiger partial charge in [-0.1, -0.05) is 50.2 Å². The minimum absolute atomic E-state index is 0.257. The predicted molar refractivity (Wildman–Crippen MR) is 88.3 cm³/mol. The Kier molecular flexibility index (Phi) is 5.00. The number of anilines is 1. The van der Waals surface area contributed by atoms with Gasteiger partial charge < -0.3 is 5.32 Å². The van der Waals surface area contributed by atoms with Gasteiger partial charge in [-0.2, -0.15) is 5.26 Å². The van der Waals surface area contributed by atoms with Gasteiger partial charge in [-0.25, -0.2) is 0 Å². The minimum atomic E-state index is 0.257. The lowest BCUT2D eigenvalue weighted by Gasteiger charge is -2.17. The molecule has 0 saturated heterocycles. The quantitative estimate of drug-likeness (QED) is 0.830. The molecule has 0 aliphatic carbocycles. The summed E-state index contributed by atoms with van der Waals surface area (Å²) >= 11 is 0. The van der Waals surface area contributed by atoms with Crippen LogP contribution in [0.1, 0.15) is 49.4 Å². The molecule has 2 aromatic carbocycles. The molecule has 0 radical (unpaired) electrons. The summed E-state index contributed by atoms with van der Waals surface area (Å²) in [5, 5.41) is 12.2. The van der Waals surface area contributed by atoms with Crippen LogP contribution in [0.5, 0.6) is 0 Å². The van der Waals surface area contributed by atoms with Crippen LogP contribution in [0.3, 0.4) is 0 Å². The maximum atomic E-state index is 8.68. The van der Waals surface area contributed by atoms with Crippen molar-refractivity contribution in [1.82, 2.24) is 0 Å². The highest BCUT2D eigenvalue weighted by Crippen LogP contribution is 2.22. The topological polar surface area (TPSA) is 35.8 Å². The lowest BCUT2D eigenvalue weighted by molar-refractivity contribution is 0.852. The van der Waals surface area contributed by atoms with Gasteiger partial charge in [-0.3, -0.25) is 0 Å². The van der Waals surface area contributed by atoms with Crippen molar-refractivity contribution in [3.8, 4) is 6.07 Å². The number of nitriles is 1. The summed E-state index contributed by atoms with van der Waals surface area (Å²) < 4.78 is 0. The van der Waals surface area contributed by atoms with E-state index in [0.29, 0.717) is 12.3 Å². The van der Waals surface area contributed by atoms with Gasteiger partial charge in [0.1, 0.15) is 0 Å². The van der Waals surface area contributed by atoms with Crippen LogP contribution in [0.15, 0.2) is 48.5 Å². The largest absolute Gasteiger partial charge is 0.379 e. The van der Waals surface area contributed by atoms with E-state index in [9.17, 15) is 0 Å². The summed E-state index contributed by atoms with van der Waals surface area (Å²) in [6, 6.07) is 19.3. The second-order valence-corrected chi connectivity index (χ2v) is 5.72. The Morgan fingerprint density at radius 3 is 2.00 bits per heavy atom. The van der Waals surface area contributed by atoms with Gasteiger partial charge in [-0.05, 0) is 41.7 Å². The highest BCUT2D eigenvalue weighted by Gasteiger charge is 2.06. The van der Waals surface area contributed by atoms with E-state index in [1.807, 2.05) is 24.3 Å². The predicted octanol–water partition coefficient (Wildman–Crippen LogP) is 5.05. The summed E-state index contributed by atoms with van der Waals surface area (Å²) in [5.41, 5.74) is 4.78. The Bertz CT molecular complexity index is 604. The maximum Gasteiger partial charge on any atom is 0.0669 e. The second-order valence-electron chi connectivity index (χ2n) is 5.72. The summed E-state index contributed by atoms with van der Waals surface area (Å²) in [4.78, 5) is 0. The molecule has 0 aliphatic heterocycles. The lowest BCUT2D eigenvalue weighted by Crippen LogP contribution is -2.06. The van der Waals surface area contributed by atoms with Crippen LogP contribution in [0.2, 0.25) is 0 Å². The van der Waals surface area contributed by atoms with Crippen LogP contribution in [0, 0.1) is 11.3 Å². The van der Waals surface area contributed by atoms with Crippen LogP contribution >= 0.6 is 0 Å². The van der Waals surface area contributed by atoms with Crippen molar-refractivity contribution in [2.45, 2.75) is 39.2 Å². The molecule has 2 rings (SSSR count). The molecule has 21 heavy (non-hydrogen) atoms. The molecule has 0 aromatic heterocycles. The number of nitrogens with zero attached hydrogens (tertiary/aromatic N) is 1. The van der Waals surface area contributed by atoms with E-state index in [2.05, 4.69) is 56.4 Å². The zero-order valence-electron chi connectivity index (χ0n) is 12.9. The van der Waals surface area contributed by atoms with E-state index < -0.39 is 0 Å². The van der Waals surface area contributed by atoms with E-state index in [4.69, 9.17) is 5.26 Å². The molecular weight excluding hydrogens is 256 g/mol. The molecule has 0 heterocycles. The molecular formula is C19H22N2. The molecule has 2 nitrogen and oxygen atoms in total. The molecule has 0 aliphatic rings. The standard InChI is InChI=1S/C19H22N2/c1-14(2)17-6-8-18(9-7-17)15(3)21-19-10-4-16(5-11-19)12-13-20/h4-11,14-15,21H,12H2,1-3H3. The highest BCUT2D eigenvalue weighted by molar-refractivity contribution is 5.47. The minimum Gasteiger partial charge on any atom is -0.379 e. The Morgan fingerprint density at radius 1 is 0.905 bits per heavy atom. The van der Waals surface area contributed by atoms with Crippen LogP contribution in [-0.2, 0) is 6.42 Å². The van der Waals surface area contributed by atoms with E-state index in [1.54, 1.807) is 0 Å². The van der Waals surface area contributed by atoms with Gasteiger partial charge in [0, 0.05) is 11.7 Å². The Balaban J connectivity index is 2.03. The maximum absolute atomic E-state index is 8.68. The molecule has 0 amide bonds. The lowest BCUT2D eigenvalue weighted by atomic mass is 9.99. The molecule has 1 unspecified atom stereocenters. The fourth-order valence-electron chi connectivity index (χ4n) is 2.31. The molecule has 1 N–H and O–H groups in total. The monoisotopic (exact) mass is 278 g/mol. The van der Waals surface area contributed by atoms with Crippen molar-refractivity contribution in [2.75, 3.05) is 5.32 Å². The third-order valence-corrected chi connectivity index (χ3v) is 3.72. The Morgan fingerprint density at radius 2 is 1.48 bits per heavy atom. The smallest absolute Gasteiger partial charge is 0.0669 e. The molecule has 1 atom stereocenters. The zero-order valence-corrected chi connectivity index (χ0v) is 12.9.